The molecule has 0 aliphatic heterocycles. The van der Waals surface area contributed by atoms with Crippen molar-refractivity contribution in [3.63, 3.8) is 0 Å². The molecular formula is C9H12BrNO2S. The smallest absolute Gasteiger partial charge is 0.306 e. The number of aliphatic carboxylic acids is 1. The van der Waals surface area contributed by atoms with Crippen LogP contribution in [0, 0.1) is 5.92 Å². The number of hydrogen-bond acceptors (Lipinski definition) is 3. The summed E-state index contributed by atoms with van der Waals surface area (Å²) in [6, 6.07) is 1.96. The summed E-state index contributed by atoms with van der Waals surface area (Å²) < 4.78 is 1.01. The van der Waals surface area contributed by atoms with Gasteiger partial charge in [0.1, 0.15) is 0 Å². The van der Waals surface area contributed by atoms with Crippen LogP contribution in [0.4, 0.5) is 0 Å². The molecule has 0 bridgehead atoms. The Morgan fingerprint density at radius 2 is 2.43 bits per heavy atom. The second-order valence-corrected chi connectivity index (χ2v) is 4.96. The minimum atomic E-state index is -0.764. The molecule has 3 nitrogen and oxygen atoms in total. The molecule has 3 N–H and O–H groups in total. The van der Waals surface area contributed by atoms with Gasteiger partial charge in [0.2, 0.25) is 0 Å². The number of carbonyl (C=O) groups is 1. The predicted octanol–water partition coefficient (Wildman–Crippen LogP) is 2.10. The lowest BCUT2D eigenvalue weighted by molar-refractivity contribution is -0.141. The van der Waals surface area contributed by atoms with Crippen molar-refractivity contribution in [2.24, 2.45) is 11.7 Å². The van der Waals surface area contributed by atoms with Crippen molar-refractivity contribution < 1.29 is 9.90 Å². The quantitative estimate of drug-likeness (QED) is 0.867. The minimum Gasteiger partial charge on any atom is -0.481 e. The highest BCUT2D eigenvalue weighted by molar-refractivity contribution is 9.10. The molecule has 1 atom stereocenters. The average Bonchev–Trinajstić information content (AvgIpc) is 2.50. The lowest BCUT2D eigenvalue weighted by atomic mass is 10.0. The zero-order valence-corrected chi connectivity index (χ0v) is 9.97. The number of rotatable bonds is 5. The van der Waals surface area contributed by atoms with E-state index in [0.717, 1.165) is 9.35 Å². The molecule has 0 saturated heterocycles. The van der Waals surface area contributed by atoms with Crippen LogP contribution in [0.1, 0.15) is 11.3 Å². The number of carboxylic acids is 1. The molecule has 1 unspecified atom stereocenters. The van der Waals surface area contributed by atoms with Gasteiger partial charge in [0, 0.05) is 14.7 Å². The fraction of sp³-hybridized carbons (Fsp3) is 0.444. The van der Waals surface area contributed by atoms with Crippen molar-refractivity contribution >= 4 is 33.2 Å². The third-order valence-corrected chi connectivity index (χ3v) is 3.65. The summed E-state index contributed by atoms with van der Waals surface area (Å²) in [4.78, 5) is 11.9. The Morgan fingerprint density at radius 1 is 1.71 bits per heavy atom. The molecule has 0 aromatic carbocycles. The Balaban J connectivity index is 2.59. The highest BCUT2D eigenvalue weighted by Gasteiger charge is 2.17. The van der Waals surface area contributed by atoms with Gasteiger partial charge in [-0.3, -0.25) is 4.79 Å². The number of nitrogens with two attached hydrogens (primary N) is 1. The Labute approximate surface area is 95.1 Å². The van der Waals surface area contributed by atoms with E-state index in [1.54, 1.807) is 11.3 Å². The summed E-state index contributed by atoms with van der Waals surface area (Å²) >= 11 is 4.91. The molecule has 1 rings (SSSR count). The average molecular weight is 278 g/mol. The van der Waals surface area contributed by atoms with Crippen LogP contribution < -0.4 is 5.73 Å². The van der Waals surface area contributed by atoms with Crippen LogP contribution in [0.2, 0.25) is 0 Å². The molecule has 78 valence electrons. The molecule has 14 heavy (non-hydrogen) atoms. The maximum atomic E-state index is 10.8. The van der Waals surface area contributed by atoms with E-state index in [4.69, 9.17) is 10.8 Å². The van der Waals surface area contributed by atoms with Crippen molar-refractivity contribution in [3.8, 4) is 0 Å². The number of hydrogen-bond donors (Lipinski definition) is 2. The Hall–Kier alpha value is -0.390. The van der Waals surface area contributed by atoms with E-state index >= 15 is 0 Å². The van der Waals surface area contributed by atoms with Gasteiger partial charge in [0.15, 0.2) is 0 Å². The zero-order chi connectivity index (χ0) is 10.6. The van der Waals surface area contributed by atoms with Crippen LogP contribution in [0.3, 0.4) is 0 Å². The van der Waals surface area contributed by atoms with E-state index in [2.05, 4.69) is 15.9 Å². The highest BCUT2D eigenvalue weighted by Crippen LogP contribution is 2.23. The fourth-order valence-electron chi connectivity index (χ4n) is 1.22. The van der Waals surface area contributed by atoms with E-state index < -0.39 is 5.97 Å². The van der Waals surface area contributed by atoms with Gasteiger partial charge >= 0.3 is 5.97 Å². The molecule has 1 aromatic rings. The van der Waals surface area contributed by atoms with Crippen molar-refractivity contribution in [1.82, 2.24) is 0 Å². The summed E-state index contributed by atoms with van der Waals surface area (Å²) in [5, 5.41) is 10.9. The van der Waals surface area contributed by atoms with Gasteiger partial charge in [-0.1, -0.05) is 0 Å². The molecular weight excluding hydrogens is 266 g/mol. The first kappa shape index (κ1) is 11.7. The fourth-order valence-corrected chi connectivity index (χ4v) is 2.75. The Bertz CT molecular complexity index is 314. The van der Waals surface area contributed by atoms with Gasteiger partial charge in [-0.15, -0.1) is 11.3 Å². The first-order valence-corrected chi connectivity index (χ1v) is 5.96. The monoisotopic (exact) mass is 277 g/mol. The van der Waals surface area contributed by atoms with E-state index in [-0.39, 0.29) is 5.92 Å². The normalized spacial score (nSPS) is 12.7. The van der Waals surface area contributed by atoms with E-state index in [1.165, 1.54) is 0 Å². The predicted molar refractivity (Wildman–Crippen MR) is 60.5 cm³/mol. The number of thiophene rings is 1. The van der Waals surface area contributed by atoms with Crippen molar-refractivity contribution in [2.75, 3.05) is 6.54 Å². The third-order valence-electron chi connectivity index (χ3n) is 1.93. The lowest BCUT2D eigenvalue weighted by Gasteiger charge is -2.08. The van der Waals surface area contributed by atoms with Gasteiger partial charge in [-0.25, -0.2) is 0 Å². The van der Waals surface area contributed by atoms with Crippen LogP contribution in [-0.4, -0.2) is 17.6 Å². The molecule has 0 fully saturated rings. The van der Waals surface area contributed by atoms with Gasteiger partial charge in [-0.2, -0.15) is 0 Å². The number of carboxylic acid groups (broad SMARTS) is 1. The van der Waals surface area contributed by atoms with Crippen molar-refractivity contribution in [3.05, 3.63) is 20.8 Å². The van der Waals surface area contributed by atoms with Gasteiger partial charge in [-0.05, 0) is 41.4 Å². The maximum absolute atomic E-state index is 10.8. The molecule has 1 aromatic heterocycles. The molecule has 0 saturated carbocycles. The summed E-state index contributed by atoms with van der Waals surface area (Å²) in [7, 11) is 0. The Kier molecular flexibility index (Phi) is 4.57. The second-order valence-electron chi connectivity index (χ2n) is 3.05. The molecule has 0 radical (unpaired) electrons. The van der Waals surface area contributed by atoms with E-state index in [0.29, 0.717) is 19.4 Å². The molecule has 1 heterocycles. The summed E-state index contributed by atoms with van der Waals surface area (Å²) in [5.41, 5.74) is 5.36. The standard InChI is InChI=1S/C9H12BrNO2S/c10-7-4-8(14-5-7)3-6(1-2-11)9(12)13/h4-6H,1-3,11H2,(H,12,13). The minimum absolute atomic E-state index is 0.356. The molecule has 0 spiro atoms. The summed E-state index contributed by atoms with van der Waals surface area (Å²) in [6.45, 7) is 0.420. The van der Waals surface area contributed by atoms with Crippen molar-refractivity contribution in [2.45, 2.75) is 12.8 Å². The first-order chi connectivity index (χ1) is 6.63. The molecule has 0 amide bonds. The van der Waals surface area contributed by atoms with Crippen LogP contribution in [0.25, 0.3) is 0 Å². The number of halogens is 1. The van der Waals surface area contributed by atoms with E-state index in [9.17, 15) is 4.79 Å². The topological polar surface area (TPSA) is 63.3 Å². The highest BCUT2D eigenvalue weighted by atomic mass is 79.9. The summed E-state index contributed by atoms with van der Waals surface area (Å²) in [6.07, 6.45) is 1.10. The van der Waals surface area contributed by atoms with Gasteiger partial charge < -0.3 is 10.8 Å². The SMILES string of the molecule is NCCC(Cc1cc(Br)cs1)C(=O)O. The first-order valence-electron chi connectivity index (χ1n) is 4.29. The third kappa shape index (κ3) is 3.40. The van der Waals surface area contributed by atoms with Crippen molar-refractivity contribution in [1.29, 1.82) is 0 Å². The lowest BCUT2D eigenvalue weighted by Crippen LogP contribution is -2.19. The Morgan fingerprint density at radius 3 is 2.86 bits per heavy atom. The van der Waals surface area contributed by atoms with Crippen LogP contribution >= 0.6 is 27.3 Å². The maximum Gasteiger partial charge on any atom is 0.306 e. The molecule has 0 aliphatic rings. The molecule has 5 heteroatoms. The van der Waals surface area contributed by atoms with E-state index in [1.807, 2.05) is 11.4 Å². The summed E-state index contributed by atoms with van der Waals surface area (Å²) in [5.74, 6) is -1.12. The second kappa shape index (κ2) is 5.48. The zero-order valence-electron chi connectivity index (χ0n) is 7.57. The van der Waals surface area contributed by atoms with Crippen LogP contribution in [0.5, 0.6) is 0 Å². The van der Waals surface area contributed by atoms with Crippen LogP contribution in [-0.2, 0) is 11.2 Å². The molecule has 0 aliphatic carbocycles. The van der Waals surface area contributed by atoms with Crippen LogP contribution in [0.15, 0.2) is 15.9 Å². The van der Waals surface area contributed by atoms with Gasteiger partial charge in [0.05, 0.1) is 5.92 Å². The van der Waals surface area contributed by atoms with Gasteiger partial charge in [0.25, 0.3) is 0 Å². The largest absolute Gasteiger partial charge is 0.481 e.